The summed E-state index contributed by atoms with van der Waals surface area (Å²) in [4.78, 5) is 23.6. The average Bonchev–Trinajstić information content (AvgIpc) is 2.96. The zero-order chi connectivity index (χ0) is 16.2. The Morgan fingerprint density at radius 1 is 1.26 bits per heavy atom. The molecule has 1 amide bonds. The van der Waals surface area contributed by atoms with Gasteiger partial charge < -0.3 is 10.3 Å². The molecule has 2 N–H and O–H groups in total. The number of carbonyl (C=O) groups excluding carboxylic acids is 1. The maximum Gasteiger partial charge on any atom is 0.234 e. The van der Waals surface area contributed by atoms with Crippen molar-refractivity contribution in [2.75, 3.05) is 11.1 Å². The van der Waals surface area contributed by atoms with Crippen LogP contribution in [0.15, 0.2) is 47.9 Å². The number of H-pyrrole nitrogens is 1. The van der Waals surface area contributed by atoms with Crippen molar-refractivity contribution in [2.24, 2.45) is 0 Å². The van der Waals surface area contributed by atoms with Crippen LogP contribution in [0.4, 0.5) is 5.69 Å². The number of aromatic nitrogens is 3. The van der Waals surface area contributed by atoms with Gasteiger partial charge in [-0.05, 0) is 29.7 Å². The van der Waals surface area contributed by atoms with Gasteiger partial charge in [-0.25, -0.2) is 4.98 Å². The van der Waals surface area contributed by atoms with E-state index in [2.05, 4.69) is 34.1 Å². The number of benzene rings is 1. The van der Waals surface area contributed by atoms with E-state index < -0.39 is 0 Å². The summed E-state index contributed by atoms with van der Waals surface area (Å²) < 4.78 is 0. The van der Waals surface area contributed by atoms with Gasteiger partial charge in [-0.1, -0.05) is 37.7 Å². The van der Waals surface area contributed by atoms with Crippen molar-refractivity contribution in [3.05, 3.63) is 48.3 Å². The summed E-state index contributed by atoms with van der Waals surface area (Å²) in [5, 5.41) is 3.62. The molecule has 0 atom stereocenters. The summed E-state index contributed by atoms with van der Waals surface area (Å²) in [6, 6.07) is 9.79. The second-order valence-electron chi connectivity index (χ2n) is 5.55. The maximum atomic E-state index is 12.0. The number of aromatic amines is 1. The normalized spacial score (nSPS) is 11.1. The number of hydrogen-bond donors (Lipinski definition) is 2. The van der Waals surface area contributed by atoms with E-state index in [4.69, 9.17) is 0 Å². The molecule has 6 heteroatoms. The first-order valence-electron chi connectivity index (χ1n) is 7.44. The van der Waals surface area contributed by atoms with Gasteiger partial charge in [-0.15, -0.1) is 0 Å². The smallest absolute Gasteiger partial charge is 0.234 e. The Hall–Kier alpha value is -2.34. The second kappa shape index (κ2) is 6.83. The molecule has 3 aromatic rings. The number of nitrogens with zero attached hydrogens (tertiary/aromatic N) is 2. The Kier molecular flexibility index (Phi) is 4.62. The van der Waals surface area contributed by atoms with Crippen molar-refractivity contribution in [3.63, 3.8) is 0 Å². The number of hydrogen-bond acceptors (Lipinski definition) is 4. The average molecular weight is 326 g/mol. The topological polar surface area (TPSA) is 70.7 Å². The number of rotatable bonds is 5. The van der Waals surface area contributed by atoms with Gasteiger partial charge in [0.2, 0.25) is 5.91 Å². The summed E-state index contributed by atoms with van der Waals surface area (Å²) in [7, 11) is 0. The molecule has 23 heavy (non-hydrogen) atoms. The van der Waals surface area contributed by atoms with E-state index in [0.29, 0.717) is 11.7 Å². The lowest BCUT2D eigenvalue weighted by atomic mass is 10.0. The van der Waals surface area contributed by atoms with E-state index in [-0.39, 0.29) is 5.91 Å². The van der Waals surface area contributed by atoms with Crippen molar-refractivity contribution in [1.82, 2.24) is 15.0 Å². The van der Waals surface area contributed by atoms with E-state index in [9.17, 15) is 4.79 Å². The van der Waals surface area contributed by atoms with Crippen LogP contribution in [0.5, 0.6) is 0 Å². The first kappa shape index (κ1) is 15.6. The van der Waals surface area contributed by atoms with Crippen molar-refractivity contribution in [2.45, 2.75) is 24.9 Å². The Morgan fingerprint density at radius 3 is 2.74 bits per heavy atom. The Labute approximate surface area is 138 Å². The number of amides is 1. The van der Waals surface area contributed by atoms with E-state index in [0.717, 1.165) is 21.9 Å². The van der Waals surface area contributed by atoms with Crippen LogP contribution in [0.3, 0.4) is 0 Å². The Balaban J connectivity index is 1.56. The number of anilines is 1. The first-order valence-corrected chi connectivity index (χ1v) is 8.43. The van der Waals surface area contributed by atoms with Crippen LogP contribution in [0.2, 0.25) is 0 Å². The highest BCUT2D eigenvalue weighted by molar-refractivity contribution is 7.99. The number of fused-ring (bicyclic) bond motifs is 1. The number of thioether (sulfide) groups is 1. The largest absolute Gasteiger partial charge is 0.332 e. The Bertz CT molecular complexity index is 778. The highest BCUT2D eigenvalue weighted by atomic mass is 32.2. The summed E-state index contributed by atoms with van der Waals surface area (Å²) in [5.41, 5.74) is 3.80. The molecule has 0 spiro atoms. The number of pyridine rings is 1. The number of imidazole rings is 1. The molecule has 0 fully saturated rings. The monoisotopic (exact) mass is 326 g/mol. The lowest BCUT2D eigenvalue weighted by molar-refractivity contribution is -0.113. The SMILES string of the molecule is CC(C)c1ccc(NC(=O)CSc2nc3ccncc3[nH]2)cc1. The van der Waals surface area contributed by atoms with Crippen molar-refractivity contribution in [3.8, 4) is 0 Å². The highest BCUT2D eigenvalue weighted by Gasteiger charge is 2.08. The van der Waals surface area contributed by atoms with Gasteiger partial charge in [0.25, 0.3) is 0 Å². The van der Waals surface area contributed by atoms with Gasteiger partial charge in [0.05, 0.1) is 23.0 Å². The summed E-state index contributed by atoms with van der Waals surface area (Å²) in [6.45, 7) is 4.29. The molecule has 2 heterocycles. The molecule has 3 rings (SSSR count). The van der Waals surface area contributed by atoms with E-state index >= 15 is 0 Å². The second-order valence-corrected chi connectivity index (χ2v) is 6.51. The molecule has 0 radical (unpaired) electrons. The van der Waals surface area contributed by atoms with E-state index in [1.807, 2.05) is 30.3 Å². The molecule has 0 bridgehead atoms. The fourth-order valence-corrected chi connectivity index (χ4v) is 2.87. The number of nitrogens with one attached hydrogen (secondary N) is 2. The van der Waals surface area contributed by atoms with Crippen molar-refractivity contribution in [1.29, 1.82) is 0 Å². The van der Waals surface area contributed by atoms with Crippen LogP contribution in [0.1, 0.15) is 25.3 Å². The van der Waals surface area contributed by atoms with Crippen molar-refractivity contribution >= 4 is 34.4 Å². The van der Waals surface area contributed by atoms with Gasteiger partial charge in [0, 0.05) is 11.9 Å². The Morgan fingerprint density at radius 2 is 2.04 bits per heavy atom. The molecule has 0 saturated heterocycles. The molecule has 0 aliphatic rings. The minimum atomic E-state index is -0.0501. The third-order valence-corrected chi connectivity index (χ3v) is 4.34. The lowest BCUT2D eigenvalue weighted by Crippen LogP contribution is -2.14. The molecule has 5 nitrogen and oxygen atoms in total. The van der Waals surface area contributed by atoms with Crippen LogP contribution in [-0.4, -0.2) is 26.6 Å². The van der Waals surface area contributed by atoms with Gasteiger partial charge >= 0.3 is 0 Å². The standard InChI is InChI=1S/C17H18N4OS/c1-11(2)12-3-5-13(6-4-12)19-16(22)10-23-17-20-14-7-8-18-9-15(14)21-17/h3-9,11H,10H2,1-2H3,(H,19,22)(H,20,21). The van der Waals surface area contributed by atoms with Crippen LogP contribution in [0.25, 0.3) is 11.0 Å². The van der Waals surface area contributed by atoms with Gasteiger partial charge in [-0.3, -0.25) is 9.78 Å². The van der Waals surface area contributed by atoms with Crippen molar-refractivity contribution < 1.29 is 4.79 Å². The predicted molar refractivity (Wildman–Crippen MR) is 93.8 cm³/mol. The fraction of sp³-hybridized carbons (Fsp3) is 0.235. The molecule has 2 aromatic heterocycles. The minimum absolute atomic E-state index is 0.0501. The quantitative estimate of drug-likeness (QED) is 0.699. The first-order chi connectivity index (χ1) is 11.1. The predicted octanol–water partition coefficient (Wildman–Crippen LogP) is 3.81. The third kappa shape index (κ3) is 3.90. The summed E-state index contributed by atoms with van der Waals surface area (Å²) >= 11 is 1.38. The molecule has 0 saturated carbocycles. The van der Waals surface area contributed by atoms with Crippen LogP contribution in [-0.2, 0) is 4.79 Å². The summed E-state index contributed by atoms with van der Waals surface area (Å²) in [6.07, 6.45) is 3.42. The molecule has 1 aromatic carbocycles. The summed E-state index contributed by atoms with van der Waals surface area (Å²) in [5.74, 6) is 0.739. The van der Waals surface area contributed by atoms with Gasteiger partial charge in [0.1, 0.15) is 0 Å². The van der Waals surface area contributed by atoms with Crippen LogP contribution < -0.4 is 5.32 Å². The number of carbonyl (C=O) groups is 1. The van der Waals surface area contributed by atoms with Crippen LogP contribution >= 0.6 is 11.8 Å². The molecule has 0 aliphatic carbocycles. The van der Waals surface area contributed by atoms with E-state index in [1.165, 1.54) is 17.3 Å². The highest BCUT2D eigenvalue weighted by Crippen LogP contribution is 2.20. The minimum Gasteiger partial charge on any atom is -0.332 e. The zero-order valence-corrected chi connectivity index (χ0v) is 13.9. The van der Waals surface area contributed by atoms with E-state index in [1.54, 1.807) is 12.4 Å². The lowest BCUT2D eigenvalue weighted by Gasteiger charge is -2.08. The molecule has 0 aliphatic heterocycles. The fourth-order valence-electron chi connectivity index (χ4n) is 2.18. The molecule has 118 valence electrons. The zero-order valence-electron chi connectivity index (χ0n) is 13.0. The molecule has 0 unspecified atom stereocenters. The van der Waals surface area contributed by atoms with Gasteiger partial charge in [-0.2, -0.15) is 0 Å². The van der Waals surface area contributed by atoms with Crippen LogP contribution in [0, 0.1) is 0 Å². The molecular formula is C17H18N4OS. The maximum absolute atomic E-state index is 12.0. The van der Waals surface area contributed by atoms with Gasteiger partial charge in [0.15, 0.2) is 5.16 Å². The third-order valence-electron chi connectivity index (χ3n) is 3.46. The molecular weight excluding hydrogens is 308 g/mol.